The monoisotopic (exact) mass is 230 g/mol. The average molecular weight is 230 g/mol. The van der Waals surface area contributed by atoms with Crippen LogP contribution in [-0.4, -0.2) is 5.78 Å². The minimum absolute atomic E-state index is 0.0630. The number of carbonyl (C=O) groups is 1. The Morgan fingerprint density at radius 3 is 3.00 bits per heavy atom. The van der Waals surface area contributed by atoms with E-state index in [1.54, 1.807) is 6.08 Å². The van der Waals surface area contributed by atoms with Gasteiger partial charge < -0.3 is 4.42 Å². The number of rotatable bonds is 0. The second-order valence-electron chi connectivity index (χ2n) is 5.80. The van der Waals surface area contributed by atoms with Gasteiger partial charge in [-0.3, -0.25) is 4.79 Å². The van der Waals surface area contributed by atoms with Crippen LogP contribution in [0.25, 0.3) is 0 Å². The number of hydrogen-bond donors (Lipinski definition) is 0. The molecule has 3 rings (SSSR count). The number of carbonyl (C=O) groups excluding carboxylic acids is 1. The highest BCUT2D eigenvalue weighted by atomic mass is 16.3. The SMILES string of the molecule is Cc1coc2c1C[C@@]1(C)C(C=CC(=O)[C@@H]1C)C2. The molecule has 2 aliphatic rings. The molecule has 3 atom stereocenters. The van der Waals surface area contributed by atoms with E-state index in [2.05, 4.69) is 26.8 Å². The molecule has 0 aliphatic heterocycles. The van der Waals surface area contributed by atoms with Crippen LogP contribution in [0.5, 0.6) is 0 Å². The Hall–Kier alpha value is -1.31. The predicted octanol–water partition coefficient (Wildman–Crippen LogP) is 3.08. The van der Waals surface area contributed by atoms with E-state index in [1.165, 1.54) is 11.1 Å². The minimum atomic E-state index is 0.0630. The molecule has 1 aromatic heterocycles. The standard InChI is InChI=1S/C15H18O2/c1-9-8-17-14-6-11-4-5-13(16)10(2)15(11,3)7-12(9)14/h4-5,8,10-11H,6-7H2,1-3H3/t10-,11?,15+/m0/s1. The summed E-state index contributed by atoms with van der Waals surface area (Å²) < 4.78 is 5.62. The maximum absolute atomic E-state index is 11.9. The fraction of sp³-hybridized carbons (Fsp3) is 0.533. The van der Waals surface area contributed by atoms with Crippen LogP contribution in [0.3, 0.4) is 0 Å². The lowest BCUT2D eigenvalue weighted by molar-refractivity contribution is -0.123. The van der Waals surface area contributed by atoms with Gasteiger partial charge in [0.1, 0.15) is 5.76 Å². The maximum atomic E-state index is 11.9. The highest BCUT2D eigenvalue weighted by Gasteiger charge is 2.47. The molecule has 0 saturated carbocycles. The van der Waals surface area contributed by atoms with Crippen LogP contribution in [0.15, 0.2) is 22.8 Å². The van der Waals surface area contributed by atoms with Gasteiger partial charge in [0, 0.05) is 12.3 Å². The smallest absolute Gasteiger partial charge is 0.158 e. The molecule has 1 unspecified atom stereocenters. The quantitative estimate of drug-likeness (QED) is 0.685. The third kappa shape index (κ3) is 1.36. The first-order chi connectivity index (χ1) is 8.02. The van der Waals surface area contributed by atoms with E-state index < -0.39 is 0 Å². The molecule has 0 fully saturated rings. The molecule has 0 N–H and O–H groups in total. The molecule has 0 spiro atoms. The zero-order valence-electron chi connectivity index (χ0n) is 10.6. The van der Waals surface area contributed by atoms with Crippen LogP contribution >= 0.6 is 0 Å². The fourth-order valence-electron chi connectivity index (χ4n) is 3.32. The maximum Gasteiger partial charge on any atom is 0.158 e. The van der Waals surface area contributed by atoms with Gasteiger partial charge in [-0.25, -0.2) is 0 Å². The molecule has 1 heterocycles. The van der Waals surface area contributed by atoms with Crippen molar-refractivity contribution in [2.75, 3.05) is 0 Å². The van der Waals surface area contributed by atoms with Gasteiger partial charge in [-0.1, -0.05) is 19.9 Å². The van der Waals surface area contributed by atoms with Crippen LogP contribution in [0.4, 0.5) is 0 Å². The van der Waals surface area contributed by atoms with Crippen LogP contribution in [0.2, 0.25) is 0 Å². The summed E-state index contributed by atoms with van der Waals surface area (Å²) in [5.41, 5.74) is 2.63. The van der Waals surface area contributed by atoms with Gasteiger partial charge in [0.2, 0.25) is 0 Å². The molecule has 2 nitrogen and oxygen atoms in total. The molecule has 1 aromatic rings. The molecule has 2 aliphatic carbocycles. The summed E-state index contributed by atoms with van der Waals surface area (Å²) in [5, 5.41) is 0. The van der Waals surface area contributed by atoms with Crippen molar-refractivity contribution >= 4 is 5.78 Å². The van der Waals surface area contributed by atoms with Gasteiger partial charge in [-0.15, -0.1) is 0 Å². The van der Waals surface area contributed by atoms with E-state index in [-0.39, 0.29) is 17.1 Å². The van der Waals surface area contributed by atoms with Crippen molar-refractivity contribution in [2.45, 2.75) is 33.6 Å². The first-order valence-corrected chi connectivity index (χ1v) is 6.30. The normalized spacial score (nSPS) is 35.6. The zero-order valence-corrected chi connectivity index (χ0v) is 10.6. The topological polar surface area (TPSA) is 30.2 Å². The Labute approximate surface area is 102 Å². The van der Waals surface area contributed by atoms with Gasteiger partial charge >= 0.3 is 0 Å². The Bertz CT molecular complexity index is 509. The molecule has 0 radical (unpaired) electrons. The summed E-state index contributed by atoms with van der Waals surface area (Å²) in [6, 6.07) is 0. The van der Waals surface area contributed by atoms with E-state index in [0.717, 1.165) is 18.6 Å². The second-order valence-corrected chi connectivity index (χ2v) is 5.80. The van der Waals surface area contributed by atoms with Gasteiger partial charge in [0.15, 0.2) is 5.78 Å². The van der Waals surface area contributed by atoms with Crippen molar-refractivity contribution in [2.24, 2.45) is 17.3 Å². The number of ketones is 1. The Morgan fingerprint density at radius 1 is 1.47 bits per heavy atom. The zero-order chi connectivity index (χ0) is 12.2. The number of furan rings is 1. The number of aryl methyl sites for hydroxylation is 1. The van der Waals surface area contributed by atoms with E-state index in [1.807, 2.05) is 6.26 Å². The van der Waals surface area contributed by atoms with Crippen molar-refractivity contribution in [3.8, 4) is 0 Å². The summed E-state index contributed by atoms with van der Waals surface area (Å²) in [4.78, 5) is 11.9. The van der Waals surface area contributed by atoms with E-state index in [4.69, 9.17) is 4.42 Å². The lowest BCUT2D eigenvalue weighted by Crippen LogP contribution is -2.44. The molecule has 17 heavy (non-hydrogen) atoms. The molecule has 2 heteroatoms. The molecule has 0 bridgehead atoms. The van der Waals surface area contributed by atoms with Crippen LogP contribution in [0, 0.1) is 24.2 Å². The third-order valence-electron chi connectivity index (χ3n) is 4.91. The van der Waals surface area contributed by atoms with Crippen LogP contribution in [-0.2, 0) is 17.6 Å². The Balaban J connectivity index is 2.09. The van der Waals surface area contributed by atoms with Gasteiger partial charge in [-0.2, -0.15) is 0 Å². The summed E-state index contributed by atoms with van der Waals surface area (Å²) >= 11 is 0. The van der Waals surface area contributed by atoms with Crippen molar-refractivity contribution in [1.29, 1.82) is 0 Å². The lowest BCUT2D eigenvalue weighted by atomic mass is 9.57. The highest BCUT2D eigenvalue weighted by molar-refractivity contribution is 5.93. The van der Waals surface area contributed by atoms with E-state index >= 15 is 0 Å². The molecule has 0 aromatic carbocycles. The van der Waals surface area contributed by atoms with E-state index in [9.17, 15) is 4.79 Å². The predicted molar refractivity (Wildman–Crippen MR) is 65.8 cm³/mol. The van der Waals surface area contributed by atoms with Gasteiger partial charge in [0.25, 0.3) is 0 Å². The summed E-state index contributed by atoms with van der Waals surface area (Å²) in [6.07, 6.45) is 7.60. The van der Waals surface area contributed by atoms with Crippen LogP contribution in [0.1, 0.15) is 30.7 Å². The van der Waals surface area contributed by atoms with Gasteiger partial charge in [-0.05, 0) is 41.9 Å². The van der Waals surface area contributed by atoms with Crippen molar-refractivity contribution in [3.63, 3.8) is 0 Å². The number of hydrogen-bond acceptors (Lipinski definition) is 2. The highest BCUT2D eigenvalue weighted by Crippen LogP contribution is 2.49. The van der Waals surface area contributed by atoms with Crippen molar-refractivity contribution < 1.29 is 9.21 Å². The summed E-state index contributed by atoms with van der Waals surface area (Å²) in [7, 11) is 0. The molecule has 0 amide bonds. The fourth-order valence-corrected chi connectivity index (χ4v) is 3.32. The molecular weight excluding hydrogens is 212 g/mol. The molecule has 0 saturated heterocycles. The molecule has 90 valence electrons. The largest absolute Gasteiger partial charge is 0.469 e. The Morgan fingerprint density at radius 2 is 2.24 bits per heavy atom. The summed E-state index contributed by atoms with van der Waals surface area (Å²) in [5.74, 6) is 1.94. The van der Waals surface area contributed by atoms with Crippen molar-refractivity contribution in [3.05, 3.63) is 35.3 Å². The van der Waals surface area contributed by atoms with Crippen LogP contribution < -0.4 is 0 Å². The lowest BCUT2D eigenvalue weighted by Gasteiger charge is -2.45. The average Bonchev–Trinajstić information content (AvgIpc) is 2.64. The number of fused-ring (bicyclic) bond motifs is 2. The Kier molecular flexibility index (Phi) is 2.13. The van der Waals surface area contributed by atoms with E-state index in [0.29, 0.717) is 5.92 Å². The first-order valence-electron chi connectivity index (χ1n) is 6.30. The third-order valence-corrected chi connectivity index (χ3v) is 4.91. The van der Waals surface area contributed by atoms with Gasteiger partial charge in [0.05, 0.1) is 6.26 Å². The molecular formula is C15H18O2. The summed E-state index contributed by atoms with van der Waals surface area (Å²) in [6.45, 7) is 6.41. The van der Waals surface area contributed by atoms with Crippen molar-refractivity contribution in [1.82, 2.24) is 0 Å². The number of allylic oxidation sites excluding steroid dienone is 2. The first kappa shape index (κ1) is 10.8. The second kappa shape index (κ2) is 3.34. The minimum Gasteiger partial charge on any atom is -0.469 e.